The smallest absolute Gasteiger partial charge is 0.336 e. The van der Waals surface area contributed by atoms with Gasteiger partial charge in [-0.25, -0.2) is 4.79 Å². The minimum Gasteiger partial charge on any atom is -0.481 e. The molecule has 11 nitrogen and oxygen atoms in total. The number of amides is 1. The number of carbonyl (C=O) groups is 4. The average molecular weight is 494 g/mol. The maximum Gasteiger partial charge on any atom is 0.336 e. The largest absolute Gasteiger partial charge is 0.481 e. The van der Waals surface area contributed by atoms with E-state index in [1.54, 1.807) is 0 Å². The van der Waals surface area contributed by atoms with Crippen LogP contribution in [-0.4, -0.2) is 98.9 Å². The number of nitrogens with one attached hydrogen (secondary N) is 1. The number of nitrogens with zero attached hydrogens (tertiary/aromatic N) is 2. The summed E-state index contributed by atoms with van der Waals surface area (Å²) >= 11 is 0. The number of aromatic nitrogens is 1. The van der Waals surface area contributed by atoms with Gasteiger partial charge in [0.05, 0.1) is 19.3 Å². The Labute approximate surface area is 204 Å². The number of carboxylic acids is 3. The molecule has 1 heterocycles. The van der Waals surface area contributed by atoms with E-state index in [1.807, 2.05) is 26.0 Å². The zero-order valence-electron chi connectivity index (χ0n) is 21.0. The summed E-state index contributed by atoms with van der Waals surface area (Å²) in [6.07, 6.45) is -1.83. The number of rotatable bonds is 10. The Morgan fingerprint density at radius 3 is 1.91 bits per heavy atom. The normalized spacial score (nSPS) is 11.2. The van der Waals surface area contributed by atoms with Crippen molar-refractivity contribution in [1.29, 1.82) is 0 Å². The first-order valence-electron chi connectivity index (χ1n) is 10.9. The highest BCUT2D eigenvalue weighted by atomic mass is 16.4. The number of aromatic amines is 1. The molecule has 5 N–H and O–H groups in total. The average Bonchev–Trinajstić information content (AvgIpc) is 3.01. The van der Waals surface area contributed by atoms with Gasteiger partial charge >= 0.3 is 17.9 Å². The van der Waals surface area contributed by atoms with Gasteiger partial charge in [-0.15, -0.1) is 0 Å². The van der Waals surface area contributed by atoms with Crippen LogP contribution in [0.2, 0.25) is 0 Å². The quantitative estimate of drug-likeness (QED) is 0.328. The molecule has 0 radical (unpaired) electrons. The summed E-state index contributed by atoms with van der Waals surface area (Å²) in [7, 11) is 5.92. The number of hydrogen-bond donors (Lipinski definition) is 5. The number of benzene rings is 1. The van der Waals surface area contributed by atoms with E-state index >= 15 is 0 Å². The monoisotopic (exact) mass is 493 g/mol. The third-order valence-electron chi connectivity index (χ3n) is 5.49. The molecule has 0 unspecified atom stereocenters. The molecular weight excluding hydrogens is 458 g/mol. The molecule has 11 heteroatoms. The molecule has 194 valence electrons. The lowest BCUT2D eigenvalue weighted by atomic mass is 9.96. The molecule has 1 amide bonds. The molecule has 0 aliphatic heterocycles. The minimum absolute atomic E-state index is 0.171. The van der Waals surface area contributed by atoms with E-state index in [2.05, 4.69) is 42.8 Å². The van der Waals surface area contributed by atoms with Crippen molar-refractivity contribution in [3.05, 3.63) is 34.5 Å². The number of hydrogen-bond acceptors (Lipinski definition) is 6. The summed E-state index contributed by atoms with van der Waals surface area (Å²) in [6.45, 7) is 7.90. The van der Waals surface area contributed by atoms with Gasteiger partial charge in [0.1, 0.15) is 0 Å². The Morgan fingerprint density at radius 1 is 0.914 bits per heavy atom. The Hall–Kier alpha value is -3.44. The number of fused-ring (bicyclic) bond motifs is 1. The van der Waals surface area contributed by atoms with E-state index in [0.717, 1.165) is 29.9 Å². The summed E-state index contributed by atoms with van der Waals surface area (Å²) in [5.41, 5.74) is 3.11. The third-order valence-corrected chi connectivity index (χ3v) is 5.49. The van der Waals surface area contributed by atoms with E-state index in [0.29, 0.717) is 6.42 Å². The van der Waals surface area contributed by atoms with Crippen LogP contribution >= 0.6 is 0 Å². The van der Waals surface area contributed by atoms with Crippen molar-refractivity contribution in [2.24, 2.45) is 0 Å². The van der Waals surface area contributed by atoms with Crippen LogP contribution < -0.4 is 0 Å². The first-order valence-corrected chi connectivity index (χ1v) is 10.9. The molecule has 0 bridgehead atoms. The minimum atomic E-state index is -2.74. The fourth-order valence-electron chi connectivity index (χ4n) is 3.54. The molecule has 0 saturated heterocycles. The van der Waals surface area contributed by atoms with Crippen LogP contribution in [0.5, 0.6) is 0 Å². The van der Waals surface area contributed by atoms with Crippen molar-refractivity contribution in [2.45, 2.75) is 45.6 Å². The van der Waals surface area contributed by atoms with Crippen LogP contribution in [0.15, 0.2) is 12.1 Å². The van der Waals surface area contributed by atoms with Crippen LogP contribution in [0.4, 0.5) is 0 Å². The van der Waals surface area contributed by atoms with E-state index in [9.17, 15) is 19.2 Å². The molecule has 2 aromatic rings. The van der Waals surface area contributed by atoms with Gasteiger partial charge in [-0.05, 0) is 52.1 Å². The second-order valence-corrected chi connectivity index (χ2v) is 9.01. The van der Waals surface area contributed by atoms with Gasteiger partial charge in [0, 0.05) is 36.7 Å². The van der Waals surface area contributed by atoms with Gasteiger partial charge < -0.3 is 35.2 Å². The van der Waals surface area contributed by atoms with Crippen molar-refractivity contribution in [1.82, 2.24) is 14.8 Å². The van der Waals surface area contributed by atoms with E-state index in [-0.39, 0.29) is 5.91 Å². The van der Waals surface area contributed by atoms with Gasteiger partial charge in [0.15, 0.2) is 5.60 Å². The SMILES string of the molecule is Cc1cc(C)c2[nH]c(C)c(CC(=O)N(C)CCN(C)C)c2c1.O=C(O)CC(O)(CC(=O)O)C(=O)O. The van der Waals surface area contributed by atoms with Gasteiger partial charge in [-0.3, -0.25) is 14.4 Å². The molecule has 0 saturated carbocycles. The summed E-state index contributed by atoms with van der Waals surface area (Å²) in [4.78, 5) is 50.3. The summed E-state index contributed by atoms with van der Waals surface area (Å²) in [5, 5.41) is 35.0. The second kappa shape index (κ2) is 12.3. The molecule has 0 aliphatic carbocycles. The van der Waals surface area contributed by atoms with Gasteiger partial charge in [0.25, 0.3) is 0 Å². The highest BCUT2D eigenvalue weighted by molar-refractivity contribution is 5.92. The Kier molecular flexibility index (Phi) is 10.4. The second-order valence-electron chi connectivity index (χ2n) is 9.01. The maximum absolute atomic E-state index is 12.5. The number of carboxylic acid groups (broad SMARTS) is 3. The molecule has 2 rings (SSSR count). The van der Waals surface area contributed by atoms with Gasteiger partial charge in [-0.2, -0.15) is 0 Å². The molecule has 0 aliphatic rings. The Morgan fingerprint density at radius 2 is 1.46 bits per heavy atom. The zero-order chi connectivity index (χ0) is 27.1. The molecule has 0 fully saturated rings. The third kappa shape index (κ3) is 8.69. The van der Waals surface area contributed by atoms with Gasteiger partial charge in [-0.1, -0.05) is 11.6 Å². The van der Waals surface area contributed by atoms with Crippen molar-refractivity contribution in [3.8, 4) is 0 Å². The van der Waals surface area contributed by atoms with Crippen LogP contribution in [0.25, 0.3) is 10.9 Å². The van der Waals surface area contributed by atoms with Crippen LogP contribution in [-0.2, 0) is 25.6 Å². The molecule has 35 heavy (non-hydrogen) atoms. The lowest BCUT2D eigenvalue weighted by Gasteiger charge is -2.19. The molecule has 1 aromatic heterocycles. The maximum atomic E-state index is 12.5. The summed E-state index contributed by atoms with van der Waals surface area (Å²) in [5.74, 6) is -4.85. The molecule has 0 spiro atoms. The highest BCUT2D eigenvalue weighted by Gasteiger charge is 2.40. The lowest BCUT2D eigenvalue weighted by molar-refractivity contribution is -0.170. The fourth-order valence-corrected chi connectivity index (χ4v) is 3.54. The Balaban J connectivity index is 0.000000405. The van der Waals surface area contributed by atoms with Crippen molar-refractivity contribution < 1.29 is 39.6 Å². The topological polar surface area (TPSA) is 171 Å². The zero-order valence-corrected chi connectivity index (χ0v) is 21.0. The van der Waals surface area contributed by atoms with Crippen molar-refractivity contribution >= 4 is 34.7 Å². The van der Waals surface area contributed by atoms with E-state index in [4.69, 9.17) is 20.4 Å². The van der Waals surface area contributed by atoms with Crippen LogP contribution in [0.1, 0.15) is 35.2 Å². The van der Waals surface area contributed by atoms with Gasteiger partial charge in [0.2, 0.25) is 5.91 Å². The number of likely N-dealkylation sites (N-methyl/N-ethyl adjacent to an activating group) is 2. The van der Waals surface area contributed by atoms with Crippen molar-refractivity contribution in [2.75, 3.05) is 34.2 Å². The van der Waals surface area contributed by atoms with Crippen molar-refractivity contribution in [3.63, 3.8) is 0 Å². The number of aliphatic carboxylic acids is 3. The van der Waals surface area contributed by atoms with Crippen LogP contribution in [0.3, 0.4) is 0 Å². The number of aryl methyl sites for hydroxylation is 3. The van der Waals surface area contributed by atoms with E-state index < -0.39 is 36.4 Å². The number of H-pyrrole nitrogens is 1. The summed E-state index contributed by atoms with van der Waals surface area (Å²) in [6, 6.07) is 4.35. The van der Waals surface area contributed by atoms with E-state index in [1.165, 1.54) is 16.5 Å². The highest BCUT2D eigenvalue weighted by Crippen LogP contribution is 2.27. The standard InChI is InChI=1S/C18H27N3O.C6H8O7/c1-12-9-13(2)18-16(10-12)15(14(3)19-18)11-17(22)21(6)8-7-20(4)5;7-3(8)1-6(13,5(11)12)2-4(9)10/h9-10,19H,7-8,11H2,1-6H3;13H,1-2H2,(H,7,8)(H,9,10)(H,11,12). The Bertz CT molecular complexity index is 1070. The first-order chi connectivity index (χ1) is 16.1. The number of carbonyl (C=O) groups excluding carboxylic acids is 1. The molecular formula is C24H35N3O8. The summed E-state index contributed by atoms with van der Waals surface area (Å²) < 4.78 is 0. The fraction of sp³-hybridized carbons (Fsp3) is 0.500. The molecule has 0 atom stereocenters. The first kappa shape index (κ1) is 29.6. The molecule has 1 aromatic carbocycles. The predicted molar refractivity (Wildman–Crippen MR) is 129 cm³/mol. The van der Waals surface area contributed by atoms with Crippen LogP contribution in [0, 0.1) is 20.8 Å². The number of aliphatic hydroxyl groups is 1. The predicted octanol–water partition coefficient (Wildman–Crippen LogP) is 1.41. The lowest BCUT2D eigenvalue weighted by Crippen LogP contribution is -2.42.